The molecule has 0 radical (unpaired) electrons. The molecule has 2 rings (SSSR count). The van der Waals surface area contributed by atoms with Crippen LogP contribution in [0.4, 0.5) is 0 Å². The van der Waals surface area contributed by atoms with Gasteiger partial charge in [-0.15, -0.1) is 11.3 Å². The molecule has 0 saturated carbocycles. The lowest BCUT2D eigenvalue weighted by Crippen LogP contribution is -1.98. The standard InChI is InChI=1S/C7H6BrN3S/c8-6-3-10-11(4-6)5-7-9-1-2-12-7/h1-4H,5H2. The molecule has 0 aliphatic heterocycles. The van der Waals surface area contributed by atoms with Gasteiger partial charge in [0, 0.05) is 17.8 Å². The number of rotatable bonds is 2. The first-order valence-corrected chi connectivity index (χ1v) is 5.08. The van der Waals surface area contributed by atoms with E-state index in [1.165, 1.54) is 0 Å². The fraction of sp³-hybridized carbons (Fsp3) is 0.143. The van der Waals surface area contributed by atoms with Crippen molar-refractivity contribution in [3.05, 3.63) is 33.5 Å². The fourth-order valence-electron chi connectivity index (χ4n) is 0.894. The molecule has 0 saturated heterocycles. The van der Waals surface area contributed by atoms with Crippen LogP contribution in [0.1, 0.15) is 5.01 Å². The molecule has 2 aromatic rings. The van der Waals surface area contributed by atoms with Crippen LogP contribution in [0.3, 0.4) is 0 Å². The minimum atomic E-state index is 0.753. The summed E-state index contributed by atoms with van der Waals surface area (Å²) >= 11 is 4.98. The highest BCUT2D eigenvalue weighted by atomic mass is 79.9. The van der Waals surface area contributed by atoms with Gasteiger partial charge in [-0.3, -0.25) is 4.68 Å². The Kier molecular flexibility index (Phi) is 2.23. The molecule has 0 amide bonds. The summed E-state index contributed by atoms with van der Waals surface area (Å²) in [6.07, 6.45) is 5.51. The van der Waals surface area contributed by atoms with E-state index in [4.69, 9.17) is 0 Å². The molecule has 2 aromatic heterocycles. The summed E-state index contributed by atoms with van der Waals surface area (Å²) in [4.78, 5) is 4.16. The average molecular weight is 244 g/mol. The summed E-state index contributed by atoms with van der Waals surface area (Å²) in [5, 5.41) is 7.17. The molecule has 0 unspecified atom stereocenters. The van der Waals surface area contributed by atoms with Crippen molar-refractivity contribution in [3.8, 4) is 0 Å². The summed E-state index contributed by atoms with van der Waals surface area (Å²) in [5.74, 6) is 0. The molecule has 0 aromatic carbocycles. The Morgan fingerprint density at radius 3 is 3.08 bits per heavy atom. The van der Waals surface area contributed by atoms with Crippen LogP contribution in [0.25, 0.3) is 0 Å². The molecule has 0 fully saturated rings. The van der Waals surface area contributed by atoms with Crippen LogP contribution in [0.5, 0.6) is 0 Å². The topological polar surface area (TPSA) is 30.7 Å². The van der Waals surface area contributed by atoms with Gasteiger partial charge in [-0.25, -0.2) is 4.98 Å². The van der Waals surface area contributed by atoms with Crippen molar-refractivity contribution in [1.29, 1.82) is 0 Å². The smallest absolute Gasteiger partial charge is 0.114 e. The zero-order valence-corrected chi connectivity index (χ0v) is 8.55. The van der Waals surface area contributed by atoms with Crippen molar-refractivity contribution in [2.24, 2.45) is 0 Å². The van der Waals surface area contributed by atoms with Gasteiger partial charge in [0.15, 0.2) is 0 Å². The molecule has 2 heterocycles. The number of nitrogens with zero attached hydrogens (tertiary/aromatic N) is 3. The van der Waals surface area contributed by atoms with E-state index < -0.39 is 0 Å². The summed E-state index contributed by atoms with van der Waals surface area (Å²) in [6, 6.07) is 0. The molecule has 62 valence electrons. The quantitative estimate of drug-likeness (QED) is 0.810. The molecule has 0 spiro atoms. The molecule has 12 heavy (non-hydrogen) atoms. The molecule has 0 aliphatic rings. The second-order valence-corrected chi connectivity index (χ2v) is 4.18. The largest absolute Gasteiger partial charge is 0.265 e. The van der Waals surface area contributed by atoms with Crippen molar-refractivity contribution in [1.82, 2.24) is 14.8 Å². The third-order valence-electron chi connectivity index (χ3n) is 1.38. The van der Waals surface area contributed by atoms with Crippen LogP contribution >= 0.6 is 27.3 Å². The third kappa shape index (κ3) is 1.73. The van der Waals surface area contributed by atoms with Crippen molar-refractivity contribution in [2.75, 3.05) is 0 Å². The van der Waals surface area contributed by atoms with Crippen LogP contribution in [0, 0.1) is 0 Å². The third-order valence-corrected chi connectivity index (χ3v) is 2.56. The van der Waals surface area contributed by atoms with Crippen molar-refractivity contribution >= 4 is 27.3 Å². The summed E-state index contributed by atoms with van der Waals surface area (Å²) < 4.78 is 2.85. The average Bonchev–Trinajstić information content (AvgIpc) is 2.63. The van der Waals surface area contributed by atoms with E-state index in [1.807, 2.05) is 16.3 Å². The Hall–Kier alpha value is -0.680. The normalized spacial score (nSPS) is 10.4. The highest BCUT2D eigenvalue weighted by Crippen LogP contribution is 2.09. The highest BCUT2D eigenvalue weighted by molar-refractivity contribution is 9.10. The molecular weight excluding hydrogens is 238 g/mol. The van der Waals surface area contributed by atoms with Gasteiger partial charge in [-0.2, -0.15) is 5.10 Å². The molecular formula is C7H6BrN3S. The second-order valence-electron chi connectivity index (χ2n) is 2.28. The lowest BCUT2D eigenvalue weighted by molar-refractivity contribution is 0.683. The minimum Gasteiger partial charge on any atom is -0.265 e. The molecule has 0 aliphatic carbocycles. The van der Waals surface area contributed by atoms with E-state index >= 15 is 0 Å². The SMILES string of the molecule is Brc1cnn(Cc2nccs2)c1. The molecule has 3 nitrogen and oxygen atoms in total. The van der Waals surface area contributed by atoms with E-state index in [9.17, 15) is 0 Å². The summed E-state index contributed by atoms with van der Waals surface area (Å²) in [6.45, 7) is 0.753. The minimum absolute atomic E-state index is 0.753. The van der Waals surface area contributed by atoms with Crippen molar-refractivity contribution in [3.63, 3.8) is 0 Å². The van der Waals surface area contributed by atoms with E-state index in [1.54, 1.807) is 23.7 Å². The zero-order valence-electron chi connectivity index (χ0n) is 6.14. The first-order chi connectivity index (χ1) is 5.84. The van der Waals surface area contributed by atoms with E-state index in [-0.39, 0.29) is 0 Å². The Balaban J connectivity index is 2.14. The van der Waals surface area contributed by atoms with Gasteiger partial charge in [0.2, 0.25) is 0 Å². The number of hydrogen-bond acceptors (Lipinski definition) is 3. The maximum Gasteiger partial charge on any atom is 0.114 e. The van der Waals surface area contributed by atoms with Crippen LogP contribution in [-0.4, -0.2) is 14.8 Å². The second kappa shape index (κ2) is 3.37. The number of thiazole rings is 1. The van der Waals surface area contributed by atoms with E-state index in [2.05, 4.69) is 26.0 Å². The van der Waals surface area contributed by atoms with Gasteiger partial charge >= 0.3 is 0 Å². The lowest BCUT2D eigenvalue weighted by atomic mass is 10.6. The maximum atomic E-state index is 4.16. The lowest BCUT2D eigenvalue weighted by Gasteiger charge is -1.94. The highest BCUT2D eigenvalue weighted by Gasteiger charge is 1.98. The van der Waals surface area contributed by atoms with Crippen LogP contribution < -0.4 is 0 Å². The molecule has 0 atom stereocenters. The zero-order chi connectivity index (χ0) is 8.39. The van der Waals surface area contributed by atoms with Gasteiger partial charge in [0.1, 0.15) is 5.01 Å². The van der Waals surface area contributed by atoms with Gasteiger partial charge < -0.3 is 0 Å². The Morgan fingerprint density at radius 1 is 1.58 bits per heavy atom. The van der Waals surface area contributed by atoms with Crippen LogP contribution in [0.15, 0.2) is 28.4 Å². The Labute approximate surface area is 82.2 Å². The summed E-state index contributed by atoms with van der Waals surface area (Å²) in [5.41, 5.74) is 0. The summed E-state index contributed by atoms with van der Waals surface area (Å²) in [7, 11) is 0. The first-order valence-electron chi connectivity index (χ1n) is 3.41. The Bertz CT molecular complexity index is 354. The van der Waals surface area contributed by atoms with Crippen molar-refractivity contribution in [2.45, 2.75) is 6.54 Å². The van der Waals surface area contributed by atoms with E-state index in [0.29, 0.717) is 0 Å². The van der Waals surface area contributed by atoms with Gasteiger partial charge in [-0.05, 0) is 15.9 Å². The van der Waals surface area contributed by atoms with Crippen LogP contribution in [0.2, 0.25) is 0 Å². The number of aromatic nitrogens is 3. The van der Waals surface area contributed by atoms with E-state index in [0.717, 1.165) is 16.0 Å². The fourth-order valence-corrected chi connectivity index (χ4v) is 1.83. The molecule has 5 heteroatoms. The number of hydrogen-bond donors (Lipinski definition) is 0. The molecule has 0 bridgehead atoms. The predicted octanol–water partition coefficient (Wildman–Crippen LogP) is 2.15. The number of halogens is 1. The Morgan fingerprint density at radius 2 is 2.50 bits per heavy atom. The van der Waals surface area contributed by atoms with Crippen LogP contribution in [-0.2, 0) is 6.54 Å². The maximum absolute atomic E-state index is 4.16. The van der Waals surface area contributed by atoms with Gasteiger partial charge in [0.05, 0.1) is 17.2 Å². The first kappa shape index (κ1) is 7.94. The van der Waals surface area contributed by atoms with Gasteiger partial charge in [-0.1, -0.05) is 0 Å². The van der Waals surface area contributed by atoms with Gasteiger partial charge in [0.25, 0.3) is 0 Å². The monoisotopic (exact) mass is 243 g/mol. The molecule has 0 N–H and O–H groups in total. The predicted molar refractivity (Wildman–Crippen MR) is 51.1 cm³/mol. The van der Waals surface area contributed by atoms with Crippen molar-refractivity contribution < 1.29 is 0 Å².